The highest BCUT2D eigenvalue weighted by Crippen LogP contribution is 2.16. The number of aromatic nitrogens is 1. The molecule has 0 spiro atoms. The standard InChI is InChI=1S/C12H13F2N3O2/c1-2-8-11(18)16-5-6-17(8)12(19)7-3-4-15-10(14)9(7)13/h3-4,8H,2,5-6H2,1H3,(H,16,18). The number of carbonyl (C=O) groups excluding carboxylic acids is 2. The van der Waals surface area contributed by atoms with Crippen molar-refractivity contribution in [3.63, 3.8) is 0 Å². The fourth-order valence-corrected chi connectivity index (χ4v) is 2.10. The van der Waals surface area contributed by atoms with Crippen molar-refractivity contribution < 1.29 is 18.4 Å². The summed E-state index contributed by atoms with van der Waals surface area (Å²) < 4.78 is 26.6. The molecule has 0 bridgehead atoms. The minimum absolute atomic E-state index is 0.270. The SMILES string of the molecule is CCC1C(=O)NCCN1C(=O)c1ccnc(F)c1F. The van der Waals surface area contributed by atoms with E-state index in [9.17, 15) is 18.4 Å². The molecule has 0 aliphatic carbocycles. The summed E-state index contributed by atoms with van der Waals surface area (Å²) in [5.74, 6) is -3.58. The van der Waals surface area contributed by atoms with Crippen LogP contribution in [0.1, 0.15) is 23.7 Å². The summed E-state index contributed by atoms with van der Waals surface area (Å²) in [7, 11) is 0. The Morgan fingerprint density at radius 1 is 1.58 bits per heavy atom. The molecule has 0 saturated carbocycles. The molecule has 1 aliphatic rings. The van der Waals surface area contributed by atoms with Gasteiger partial charge in [0, 0.05) is 19.3 Å². The number of rotatable bonds is 2. The van der Waals surface area contributed by atoms with E-state index < -0.39 is 29.3 Å². The van der Waals surface area contributed by atoms with Crippen molar-refractivity contribution in [2.45, 2.75) is 19.4 Å². The van der Waals surface area contributed by atoms with Crippen LogP contribution in [0.3, 0.4) is 0 Å². The van der Waals surface area contributed by atoms with Gasteiger partial charge in [-0.25, -0.2) is 9.37 Å². The number of nitrogens with zero attached hydrogens (tertiary/aromatic N) is 2. The lowest BCUT2D eigenvalue weighted by atomic mass is 10.1. The van der Waals surface area contributed by atoms with Gasteiger partial charge in [0.25, 0.3) is 5.91 Å². The van der Waals surface area contributed by atoms with Crippen molar-refractivity contribution in [1.82, 2.24) is 15.2 Å². The molecule has 1 fully saturated rings. The molecule has 7 heteroatoms. The van der Waals surface area contributed by atoms with E-state index in [4.69, 9.17) is 0 Å². The average Bonchev–Trinajstić information content (AvgIpc) is 2.41. The Morgan fingerprint density at radius 2 is 2.32 bits per heavy atom. The van der Waals surface area contributed by atoms with Gasteiger partial charge in [0.1, 0.15) is 6.04 Å². The van der Waals surface area contributed by atoms with Gasteiger partial charge in [-0.15, -0.1) is 0 Å². The Labute approximate surface area is 108 Å². The predicted molar refractivity (Wildman–Crippen MR) is 62.3 cm³/mol. The van der Waals surface area contributed by atoms with Crippen LogP contribution >= 0.6 is 0 Å². The first-order chi connectivity index (χ1) is 9.06. The van der Waals surface area contributed by atoms with Gasteiger partial charge in [0.15, 0.2) is 5.82 Å². The highest BCUT2D eigenvalue weighted by molar-refractivity contribution is 5.98. The molecule has 1 atom stereocenters. The molecule has 2 rings (SSSR count). The van der Waals surface area contributed by atoms with E-state index >= 15 is 0 Å². The second kappa shape index (κ2) is 5.29. The summed E-state index contributed by atoms with van der Waals surface area (Å²) in [6.07, 6.45) is 1.43. The number of pyridine rings is 1. The fourth-order valence-electron chi connectivity index (χ4n) is 2.10. The number of hydrogen-bond donors (Lipinski definition) is 1. The number of nitrogens with one attached hydrogen (secondary N) is 1. The zero-order valence-corrected chi connectivity index (χ0v) is 10.3. The van der Waals surface area contributed by atoms with Crippen LogP contribution in [0.25, 0.3) is 0 Å². The summed E-state index contributed by atoms with van der Waals surface area (Å²) in [6, 6.07) is 0.455. The first-order valence-corrected chi connectivity index (χ1v) is 5.95. The van der Waals surface area contributed by atoms with E-state index in [1.54, 1.807) is 6.92 Å². The maximum atomic E-state index is 13.5. The van der Waals surface area contributed by atoms with Crippen LogP contribution in [0.4, 0.5) is 8.78 Å². The Hall–Kier alpha value is -2.05. The fraction of sp³-hybridized carbons (Fsp3) is 0.417. The quantitative estimate of drug-likeness (QED) is 0.804. The molecule has 1 aromatic heterocycles. The summed E-state index contributed by atoms with van der Waals surface area (Å²) in [5, 5.41) is 2.63. The van der Waals surface area contributed by atoms with Crippen LogP contribution in [-0.2, 0) is 4.79 Å². The Bertz CT molecular complexity index is 522. The van der Waals surface area contributed by atoms with Gasteiger partial charge in [-0.3, -0.25) is 9.59 Å². The van der Waals surface area contributed by atoms with Crippen LogP contribution < -0.4 is 5.32 Å². The molecule has 2 heterocycles. The molecule has 1 saturated heterocycles. The molecule has 2 amide bonds. The average molecular weight is 269 g/mol. The molecule has 19 heavy (non-hydrogen) atoms. The van der Waals surface area contributed by atoms with Gasteiger partial charge in [0.05, 0.1) is 5.56 Å². The topological polar surface area (TPSA) is 62.3 Å². The number of halogens is 2. The van der Waals surface area contributed by atoms with Crippen molar-refractivity contribution in [2.75, 3.05) is 13.1 Å². The van der Waals surface area contributed by atoms with Gasteiger partial charge in [-0.05, 0) is 12.5 Å². The highest BCUT2D eigenvalue weighted by Gasteiger charge is 2.33. The third-order valence-electron chi connectivity index (χ3n) is 3.06. The van der Waals surface area contributed by atoms with E-state index in [0.717, 1.165) is 12.3 Å². The Balaban J connectivity index is 2.32. The maximum Gasteiger partial charge on any atom is 0.257 e. The molecular weight excluding hydrogens is 256 g/mol. The minimum atomic E-state index is -1.32. The van der Waals surface area contributed by atoms with Gasteiger partial charge in [0.2, 0.25) is 11.9 Å². The molecule has 1 unspecified atom stereocenters. The third kappa shape index (κ3) is 2.40. The van der Waals surface area contributed by atoms with Crippen LogP contribution in [0.5, 0.6) is 0 Å². The van der Waals surface area contributed by atoms with E-state index in [2.05, 4.69) is 10.3 Å². The summed E-state index contributed by atoms with van der Waals surface area (Å²) in [6.45, 7) is 2.32. The number of carbonyl (C=O) groups is 2. The Kier molecular flexibility index (Phi) is 3.73. The maximum absolute atomic E-state index is 13.5. The smallest absolute Gasteiger partial charge is 0.257 e. The van der Waals surface area contributed by atoms with Crippen LogP contribution in [-0.4, -0.2) is 40.8 Å². The third-order valence-corrected chi connectivity index (χ3v) is 3.06. The summed E-state index contributed by atoms with van der Waals surface area (Å²) in [4.78, 5) is 28.2. The summed E-state index contributed by atoms with van der Waals surface area (Å²) in [5.41, 5.74) is -0.402. The molecule has 0 aromatic carbocycles. The van der Waals surface area contributed by atoms with Crippen molar-refractivity contribution in [2.24, 2.45) is 0 Å². The number of amides is 2. The lowest BCUT2D eigenvalue weighted by Crippen LogP contribution is -2.57. The van der Waals surface area contributed by atoms with Crippen molar-refractivity contribution >= 4 is 11.8 Å². The molecule has 1 aliphatic heterocycles. The molecule has 1 aromatic rings. The van der Waals surface area contributed by atoms with Crippen LogP contribution in [0, 0.1) is 11.8 Å². The second-order valence-corrected chi connectivity index (χ2v) is 4.18. The second-order valence-electron chi connectivity index (χ2n) is 4.18. The van der Waals surface area contributed by atoms with Crippen molar-refractivity contribution in [1.29, 1.82) is 0 Å². The largest absolute Gasteiger partial charge is 0.353 e. The van der Waals surface area contributed by atoms with Crippen molar-refractivity contribution in [3.05, 3.63) is 29.6 Å². The Morgan fingerprint density at radius 3 is 3.00 bits per heavy atom. The zero-order chi connectivity index (χ0) is 14.0. The lowest BCUT2D eigenvalue weighted by molar-refractivity contribution is -0.127. The van der Waals surface area contributed by atoms with E-state index in [1.807, 2.05) is 0 Å². The van der Waals surface area contributed by atoms with Crippen LogP contribution in [0.2, 0.25) is 0 Å². The number of piperazine rings is 1. The van der Waals surface area contributed by atoms with E-state index in [1.165, 1.54) is 4.90 Å². The van der Waals surface area contributed by atoms with Gasteiger partial charge in [-0.2, -0.15) is 4.39 Å². The minimum Gasteiger partial charge on any atom is -0.353 e. The molecular formula is C12H13F2N3O2. The first kappa shape index (κ1) is 13.4. The first-order valence-electron chi connectivity index (χ1n) is 5.95. The highest BCUT2D eigenvalue weighted by atomic mass is 19.2. The van der Waals surface area contributed by atoms with E-state index in [-0.39, 0.29) is 12.5 Å². The van der Waals surface area contributed by atoms with Gasteiger partial charge < -0.3 is 10.2 Å². The molecule has 5 nitrogen and oxygen atoms in total. The normalized spacial score (nSPS) is 19.2. The van der Waals surface area contributed by atoms with Crippen LogP contribution in [0.15, 0.2) is 12.3 Å². The zero-order valence-electron chi connectivity index (χ0n) is 10.3. The number of hydrogen-bond acceptors (Lipinski definition) is 3. The molecule has 102 valence electrons. The molecule has 1 N–H and O–H groups in total. The summed E-state index contributed by atoms with van der Waals surface area (Å²) >= 11 is 0. The van der Waals surface area contributed by atoms with Gasteiger partial charge >= 0.3 is 0 Å². The monoisotopic (exact) mass is 269 g/mol. The van der Waals surface area contributed by atoms with Crippen molar-refractivity contribution in [3.8, 4) is 0 Å². The van der Waals surface area contributed by atoms with E-state index in [0.29, 0.717) is 13.0 Å². The lowest BCUT2D eigenvalue weighted by Gasteiger charge is -2.34. The molecule has 0 radical (unpaired) electrons. The van der Waals surface area contributed by atoms with Gasteiger partial charge in [-0.1, -0.05) is 6.92 Å². The predicted octanol–water partition coefficient (Wildman–Crippen LogP) is 0.710.